The summed E-state index contributed by atoms with van der Waals surface area (Å²) in [6.45, 7) is 4.34. The number of H-pyrrole nitrogens is 1. The molecule has 1 rings (SSSR count). The molecule has 0 fully saturated rings. The molecule has 1 amide bonds. The summed E-state index contributed by atoms with van der Waals surface area (Å²) < 4.78 is 25.5. The molecular weight excluding hydrogens is 278 g/mol. The predicted molar refractivity (Wildman–Crippen MR) is 67.9 cm³/mol. The lowest BCUT2D eigenvalue weighted by molar-refractivity contribution is -0.118. The van der Waals surface area contributed by atoms with Gasteiger partial charge in [-0.3, -0.25) is 9.59 Å². The second kappa shape index (κ2) is 5.21. The van der Waals surface area contributed by atoms with E-state index in [1.807, 2.05) is 0 Å². The number of hydrogen-bond acceptors (Lipinski definition) is 5. The normalized spacial score (nSPS) is 12.3. The molecule has 102 valence electrons. The summed E-state index contributed by atoms with van der Waals surface area (Å²) in [6.07, 6.45) is 0. The third kappa shape index (κ3) is 2.98. The SMILES string of the molecule is Cc1[nH]c(=O)sc1S(=O)(=O)N(CC(N)=O)C(C)C. The number of carbonyl (C=O) groups excluding carboxylic acids is 1. The van der Waals surface area contributed by atoms with E-state index in [4.69, 9.17) is 5.73 Å². The molecule has 1 aromatic heterocycles. The van der Waals surface area contributed by atoms with Gasteiger partial charge in [0.15, 0.2) is 4.21 Å². The zero-order chi connectivity index (χ0) is 14.1. The van der Waals surface area contributed by atoms with Crippen LogP contribution >= 0.6 is 11.3 Å². The standard InChI is InChI=1S/C9H15N3O4S2/c1-5(2)12(4-7(10)13)18(15,16)8-6(3)11-9(14)17-8/h5H,4H2,1-3H3,(H2,10,13)(H,11,14). The van der Waals surface area contributed by atoms with Crippen molar-refractivity contribution in [2.24, 2.45) is 5.73 Å². The minimum Gasteiger partial charge on any atom is -0.369 e. The summed E-state index contributed by atoms with van der Waals surface area (Å²) in [5, 5.41) is 0. The lowest BCUT2D eigenvalue weighted by Crippen LogP contribution is -2.42. The molecule has 1 aromatic rings. The average molecular weight is 293 g/mol. The number of nitrogens with one attached hydrogen (secondary N) is 1. The van der Waals surface area contributed by atoms with Crippen molar-refractivity contribution >= 4 is 27.3 Å². The molecule has 7 nitrogen and oxygen atoms in total. The van der Waals surface area contributed by atoms with Crippen LogP contribution in [0.15, 0.2) is 9.00 Å². The van der Waals surface area contributed by atoms with Crippen molar-refractivity contribution < 1.29 is 13.2 Å². The van der Waals surface area contributed by atoms with Gasteiger partial charge in [-0.05, 0) is 20.8 Å². The maximum absolute atomic E-state index is 12.3. The Kier molecular flexibility index (Phi) is 4.30. The Labute approximate surface area is 109 Å². The molecule has 0 unspecified atom stereocenters. The fourth-order valence-corrected chi connectivity index (χ4v) is 4.46. The number of amides is 1. The molecule has 0 saturated heterocycles. The van der Waals surface area contributed by atoms with Crippen LogP contribution in [-0.4, -0.2) is 36.2 Å². The van der Waals surface area contributed by atoms with Gasteiger partial charge in [0.25, 0.3) is 10.0 Å². The number of aromatic nitrogens is 1. The third-order valence-electron chi connectivity index (χ3n) is 2.21. The van der Waals surface area contributed by atoms with Gasteiger partial charge >= 0.3 is 4.87 Å². The number of hydrogen-bond donors (Lipinski definition) is 2. The van der Waals surface area contributed by atoms with E-state index in [-0.39, 0.29) is 9.90 Å². The first-order valence-electron chi connectivity index (χ1n) is 5.16. The minimum absolute atomic E-state index is 0.0811. The molecule has 0 spiro atoms. The molecule has 0 bridgehead atoms. The Morgan fingerprint density at radius 2 is 2.06 bits per heavy atom. The molecule has 0 saturated carbocycles. The summed E-state index contributed by atoms with van der Waals surface area (Å²) in [4.78, 5) is 24.0. The number of nitrogens with two attached hydrogens (primary N) is 1. The van der Waals surface area contributed by atoms with Crippen LogP contribution < -0.4 is 10.6 Å². The average Bonchev–Trinajstić information content (AvgIpc) is 2.54. The van der Waals surface area contributed by atoms with Gasteiger partial charge in [-0.25, -0.2) is 8.42 Å². The van der Waals surface area contributed by atoms with Crippen molar-refractivity contribution in [1.29, 1.82) is 0 Å². The monoisotopic (exact) mass is 293 g/mol. The molecule has 1 heterocycles. The topological polar surface area (TPSA) is 113 Å². The second-order valence-corrected chi connectivity index (χ2v) is 7.11. The van der Waals surface area contributed by atoms with E-state index in [0.717, 1.165) is 4.31 Å². The molecule has 0 aliphatic heterocycles. The minimum atomic E-state index is -3.89. The fraction of sp³-hybridized carbons (Fsp3) is 0.556. The highest BCUT2D eigenvalue weighted by atomic mass is 32.2. The lowest BCUT2D eigenvalue weighted by atomic mass is 10.4. The van der Waals surface area contributed by atoms with E-state index < -0.39 is 33.4 Å². The van der Waals surface area contributed by atoms with Gasteiger partial charge in [-0.1, -0.05) is 11.3 Å². The van der Waals surface area contributed by atoms with E-state index in [1.54, 1.807) is 13.8 Å². The van der Waals surface area contributed by atoms with Gasteiger partial charge in [0, 0.05) is 11.7 Å². The zero-order valence-electron chi connectivity index (χ0n) is 10.3. The van der Waals surface area contributed by atoms with E-state index in [9.17, 15) is 18.0 Å². The number of rotatable bonds is 5. The fourth-order valence-electron chi connectivity index (χ4n) is 1.44. The first kappa shape index (κ1) is 14.9. The van der Waals surface area contributed by atoms with Gasteiger partial charge in [0.2, 0.25) is 5.91 Å². The quantitative estimate of drug-likeness (QED) is 0.771. The molecular formula is C9H15N3O4S2. The number of sulfonamides is 1. The van der Waals surface area contributed by atoms with E-state index in [1.165, 1.54) is 6.92 Å². The zero-order valence-corrected chi connectivity index (χ0v) is 11.9. The van der Waals surface area contributed by atoms with Crippen LogP contribution in [0.25, 0.3) is 0 Å². The number of aryl methyl sites for hydroxylation is 1. The molecule has 9 heteroatoms. The summed E-state index contributed by atoms with van der Waals surface area (Å²) in [5.41, 5.74) is 5.30. The Morgan fingerprint density at radius 1 is 1.50 bits per heavy atom. The molecule has 0 atom stereocenters. The van der Waals surface area contributed by atoms with Crippen LogP contribution in [0.3, 0.4) is 0 Å². The highest BCUT2D eigenvalue weighted by Gasteiger charge is 2.31. The third-order valence-corrected chi connectivity index (χ3v) is 5.82. The second-order valence-electron chi connectivity index (χ2n) is 4.04. The van der Waals surface area contributed by atoms with Crippen molar-refractivity contribution in [3.05, 3.63) is 15.4 Å². The van der Waals surface area contributed by atoms with Crippen LogP contribution in [0.5, 0.6) is 0 Å². The first-order chi connectivity index (χ1) is 8.16. The smallest absolute Gasteiger partial charge is 0.305 e. The van der Waals surface area contributed by atoms with Crippen molar-refractivity contribution in [2.45, 2.75) is 31.0 Å². The summed E-state index contributed by atoms with van der Waals surface area (Å²) >= 11 is 0.601. The van der Waals surface area contributed by atoms with Gasteiger partial charge < -0.3 is 10.7 Å². The Bertz CT molecular complexity index is 600. The highest BCUT2D eigenvalue weighted by molar-refractivity contribution is 7.91. The predicted octanol–water partition coefficient (Wildman–Crippen LogP) is -0.371. The van der Waals surface area contributed by atoms with Crippen molar-refractivity contribution in [2.75, 3.05) is 6.54 Å². The summed E-state index contributed by atoms with van der Waals surface area (Å²) in [7, 11) is -3.89. The van der Waals surface area contributed by atoms with Crippen molar-refractivity contribution in [1.82, 2.24) is 9.29 Å². The molecule has 0 aliphatic rings. The van der Waals surface area contributed by atoms with Crippen LogP contribution in [0.1, 0.15) is 19.5 Å². The van der Waals surface area contributed by atoms with Crippen LogP contribution in [0.2, 0.25) is 0 Å². The van der Waals surface area contributed by atoms with E-state index >= 15 is 0 Å². The summed E-state index contributed by atoms with van der Waals surface area (Å²) in [5.74, 6) is -0.743. The van der Waals surface area contributed by atoms with Crippen LogP contribution in [0.4, 0.5) is 0 Å². The summed E-state index contributed by atoms with van der Waals surface area (Å²) in [6, 6.07) is -0.431. The number of thiazole rings is 1. The number of primary amides is 1. The molecule has 18 heavy (non-hydrogen) atoms. The first-order valence-corrected chi connectivity index (χ1v) is 7.41. The Hall–Kier alpha value is -1.19. The Morgan fingerprint density at radius 3 is 2.39 bits per heavy atom. The van der Waals surface area contributed by atoms with Crippen molar-refractivity contribution in [3.63, 3.8) is 0 Å². The van der Waals surface area contributed by atoms with Crippen LogP contribution in [0, 0.1) is 6.92 Å². The van der Waals surface area contributed by atoms with Crippen LogP contribution in [-0.2, 0) is 14.8 Å². The molecule has 0 aliphatic carbocycles. The van der Waals surface area contributed by atoms with Gasteiger partial charge in [0.1, 0.15) is 0 Å². The van der Waals surface area contributed by atoms with Gasteiger partial charge in [-0.2, -0.15) is 4.31 Å². The largest absolute Gasteiger partial charge is 0.369 e. The number of carbonyl (C=O) groups is 1. The number of aromatic amines is 1. The molecule has 0 aromatic carbocycles. The lowest BCUT2D eigenvalue weighted by Gasteiger charge is -2.23. The van der Waals surface area contributed by atoms with Gasteiger partial charge in [0.05, 0.1) is 6.54 Å². The van der Waals surface area contributed by atoms with E-state index in [2.05, 4.69) is 4.98 Å². The van der Waals surface area contributed by atoms with Crippen molar-refractivity contribution in [3.8, 4) is 0 Å². The van der Waals surface area contributed by atoms with E-state index in [0.29, 0.717) is 11.3 Å². The number of nitrogens with zero attached hydrogens (tertiary/aromatic N) is 1. The van der Waals surface area contributed by atoms with Gasteiger partial charge in [-0.15, -0.1) is 0 Å². The highest BCUT2D eigenvalue weighted by Crippen LogP contribution is 2.22. The Balaban J connectivity index is 3.30. The maximum Gasteiger partial charge on any atom is 0.305 e. The maximum atomic E-state index is 12.3. The molecule has 0 radical (unpaired) electrons. The molecule has 3 N–H and O–H groups in total.